The van der Waals surface area contributed by atoms with Gasteiger partial charge in [-0.3, -0.25) is 15.1 Å². The largest absolute Gasteiger partial charge is 0.296 e. The van der Waals surface area contributed by atoms with E-state index in [-0.39, 0.29) is 0 Å². The summed E-state index contributed by atoms with van der Waals surface area (Å²) in [6, 6.07) is 0. The molecule has 4 nitrogen and oxygen atoms in total. The molecule has 0 amide bonds. The van der Waals surface area contributed by atoms with Crippen molar-refractivity contribution in [1.82, 2.24) is 10.2 Å². The normalized spacial score (nSPS) is 13.1. The number of aromatic amines is 1. The first kappa shape index (κ1) is 11.6. The quantitative estimate of drug-likeness (QED) is 0.756. The fourth-order valence-corrected chi connectivity index (χ4v) is 1.45. The molecule has 0 radical (unpaired) electrons. The van der Waals surface area contributed by atoms with Gasteiger partial charge in [0.1, 0.15) is 0 Å². The Morgan fingerprint density at radius 3 is 2.53 bits per heavy atom. The van der Waals surface area contributed by atoms with Gasteiger partial charge in [-0.25, -0.2) is 0 Å². The van der Waals surface area contributed by atoms with Gasteiger partial charge < -0.3 is 0 Å². The number of nitrogens with one attached hydrogen (secondary N) is 1. The molecule has 4 heteroatoms. The first-order valence-corrected chi connectivity index (χ1v) is 5.06. The van der Waals surface area contributed by atoms with Crippen LogP contribution in [-0.2, 0) is 0 Å². The number of H-pyrrole nitrogens is 1. The number of hydrogen-bond donors (Lipinski definition) is 1. The van der Waals surface area contributed by atoms with Crippen molar-refractivity contribution in [2.45, 2.75) is 26.7 Å². The molecule has 1 heterocycles. The highest BCUT2D eigenvalue weighted by atomic mass is 15.1. The van der Waals surface area contributed by atoms with Gasteiger partial charge in [-0.05, 0) is 12.8 Å². The Kier molecular flexibility index (Phi) is 3.77. The molecular formula is C11H18N4. The van der Waals surface area contributed by atoms with E-state index in [2.05, 4.69) is 34.0 Å². The summed E-state index contributed by atoms with van der Waals surface area (Å²) < 4.78 is 0. The second-order valence-corrected chi connectivity index (χ2v) is 3.75. The van der Waals surface area contributed by atoms with Gasteiger partial charge in [-0.15, -0.1) is 0 Å². The van der Waals surface area contributed by atoms with Gasteiger partial charge >= 0.3 is 0 Å². The molecule has 0 saturated carbocycles. The second-order valence-electron chi connectivity index (χ2n) is 3.75. The molecule has 0 aliphatic rings. The van der Waals surface area contributed by atoms with Crippen molar-refractivity contribution < 1.29 is 0 Å². The molecule has 1 aromatic rings. The summed E-state index contributed by atoms with van der Waals surface area (Å²) in [5.41, 5.74) is 4.00. The molecular weight excluding hydrogens is 188 g/mol. The van der Waals surface area contributed by atoms with E-state index >= 15 is 0 Å². The minimum absolute atomic E-state index is 0.382. The zero-order chi connectivity index (χ0) is 11.4. The predicted octanol–water partition coefficient (Wildman–Crippen LogP) is 2.02. The van der Waals surface area contributed by atoms with Crippen LogP contribution in [0.2, 0.25) is 0 Å². The van der Waals surface area contributed by atoms with E-state index in [1.165, 1.54) is 0 Å². The Hall–Kier alpha value is -1.45. The van der Waals surface area contributed by atoms with Gasteiger partial charge in [0.25, 0.3) is 0 Å². The van der Waals surface area contributed by atoms with Crippen molar-refractivity contribution in [3.8, 4) is 0 Å². The average Bonchev–Trinajstić information content (AvgIpc) is 2.61. The molecule has 0 aliphatic carbocycles. The van der Waals surface area contributed by atoms with Crippen LogP contribution in [0.25, 0.3) is 0 Å². The van der Waals surface area contributed by atoms with Gasteiger partial charge in [0.05, 0.1) is 17.1 Å². The Morgan fingerprint density at radius 2 is 2.07 bits per heavy atom. The van der Waals surface area contributed by atoms with Crippen LogP contribution >= 0.6 is 0 Å². The number of aliphatic imine (C=N–C) groups is 2. The van der Waals surface area contributed by atoms with Gasteiger partial charge in [-0.2, -0.15) is 5.10 Å². The molecule has 1 aromatic heterocycles. The van der Waals surface area contributed by atoms with E-state index in [4.69, 9.17) is 0 Å². The standard InChI is InChI=1S/C11H18N4/c1-7(2)10-9(6-12-4)11(15-14-10)8(3)13-5/h6-7H,1-5H3,(H,14,15)/b12-6-,13-8-. The zero-order valence-corrected chi connectivity index (χ0v) is 10.00. The van der Waals surface area contributed by atoms with Gasteiger partial charge in [-0.1, -0.05) is 13.8 Å². The Balaban J connectivity index is 3.30. The maximum atomic E-state index is 4.31. The van der Waals surface area contributed by atoms with Gasteiger partial charge in [0.15, 0.2) is 0 Å². The van der Waals surface area contributed by atoms with Crippen LogP contribution in [-0.4, -0.2) is 36.2 Å². The summed E-state index contributed by atoms with van der Waals surface area (Å²) in [4.78, 5) is 8.22. The average molecular weight is 206 g/mol. The topological polar surface area (TPSA) is 53.4 Å². The Bertz CT molecular complexity index is 385. The lowest BCUT2D eigenvalue weighted by atomic mass is 10.0. The number of aromatic nitrogens is 2. The van der Waals surface area contributed by atoms with Crippen molar-refractivity contribution in [1.29, 1.82) is 0 Å². The smallest absolute Gasteiger partial charge is 0.0875 e. The summed E-state index contributed by atoms with van der Waals surface area (Å²) in [5, 5.41) is 7.33. The van der Waals surface area contributed by atoms with Crippen molar-refractivity contribution in [3.63, 3.8) is 0 Å². The van der Waals surface area contributed by atoms with Crippen molar-refractivity contribution in [2.24, 2.45) is 9.98 Å². The molecule has 0 atom stereocenters. The van der Waals surface area contributed by atoms with E-state index in [0.29, 0.717) is 5.92 Å². The van der Waals surface area contributed by atoms with Crippen LogP contribution in [0.4, 0.5) is 0 Å². The molecule has 0 aliphatic heterocycles. The monoisotopic (exact) mass is 206 g/mol. The van der Waals surface area contributed by atoms with Crippen molar-refractivity contribution in [3.05, 3.63) is 17.0 Å². The van der Waals surface area contributed by atoms with E-state index in [1.807, 2.05) is 13.1 Å². The molecule has 15 heavy (non-hydrogen) atoms. The number of rotatable bonds is 3. The van der Waals surface area contributed by atoms with E-state index in [9.17, 15) is 0 Å². The van der Waals surface area contributed by atoms with Crippen LogP contribution in [0, 0.1) is 0 Å². The van der Waals surface area contributed by atoms with Crippen LogP contribution in [0.5, 0.6) is 0 Å². The first-order chi connectivity index (χ1) is 7.11. The fraction of sp³-hybridized carbons (Fsp3) is 0.545. The molecule has 0 bridgehead atoms. The third-order valence-corrected chi connectivity index (χ3v) is 2.34. The summed E-state index contributed by atoms with van der Waals surface area (Å²) in [6.45, 7) is 6.20. The third kappa shape index (κ3) is 2.32. The summed E-state index contributed by atoms with van der Waals surface area (Å²) in [5.74, 6) is 0.382. The maximum absolute atomic E-state index is 4.31. The minimum Gasteiger partial charge on any atom is -0.296 e. The molecule has 0 aromatic carbocycles. The summed E-state index contributed by atoms with van der Waals surface area (Å²) in [7, 11) is 3.54. The molecule has 1 rings (SSSR count). The fourth-order valence-electron chi connectivity index (χ4n) is 1.45. The lowest BCUT2D eigenvalue weighted by molar-refractivity contribution is 0.809. The minimum atomic E-state index is 0.382. The van der Waals surface area contributed by atoms with Crippen LogP contribution in [0.1, 0.15) is 43.6 Å². The van der Waals surface area contributed by atoms with Crippen LogP contribution < -0.4 is 0 Å². The molecule has 82 valence electrons. The zero-order valence-electron chi connectivity index (χ0n) is 10.00. The van der Waals surface area contributed by atoms with Crippen LogP contribution in [0.3, 0.4) is 0 Å². The Labute approximate surface area is 90.5 Å². The molecule has 0 unspecified atom stereocenters. The highest BCUT2D eigenvalue weighted by molar-refractivity contribution is 6.04. The highest BCUT2D eigenvalue weighted by Gasteiger charge is 2.15. The number of nitrogens with zero attached hydrogens (tertiary/aromatic N) is 3. The lowest BCUT2D eigenvalue weighted by Crippen LogP contribution is -2.01. The predicted molar refractivity (Wildman–Crippen MR) is 64.3 cm³/mol. The summed E-state index contributed by atoms with van der Waals surface area (Å²) >= 11 is 0. The molecule has 0 saturated heterocycles. The van der Waals surface area contributed by atoms with Gasteiger partial charge in [0, 0.05) is 25.9 Å². The van der Waals surface area contributed by atoms with E-state index < -0.39 is 0 Å². The Morgan fingerprint density at radius 1 is 1.40 bits per heavy atom. The molecule has 0 spiro atoms. The molecule has 1 N–H and O–H groups in total. The van der Waals surface area contributed by atoms with Crippen LogP contribution in [0.15, 0.2) is 9.98 Å². The lowest BCUT2D eigenvalue weighted by Gasteiger charge is -2.02. The summed E-state index contributed by atoms with van der Waals surface area (Å²) in [6.07, 6.45) is 1.84. The van der Waals surface area contributed by atoms with Gasteiger partial charge in [0.2, 0.25) is 0 Å². The van der Waals surface area contributed by atoms with E-state index in [0.717, 1.165) is 22.7 Å². The van der Waals surface area contributed by atoms with Crippen molar-refractivity contribution >= 4 is 11.9 Å². The maximum Gasteiger partial charge on any atom is 0.0875 e. The SMILES string of the molecule is C/N=C\c1c(C(C)C)n[nH]c1/C(C)=N\C. The first-order valence-electron chi connectivity index (χ1n) is 5.06. The van der Waals surface area contributed by atoms with Crippen molar-refractivity contribution in [2.75, 3.05) is 14.1 Å². The third-order valence-electron chi connectivity index (χ3n) is 2.34. The highest BCUT2D eigenvalue weighted by Crippen LogP contribution is 2.18. The molecule has 0 fully saturated rings. The second kappa shape index (κ2) is 4.87. The van der Waals surface area contributed by atoms with E-state index in [1.54, 1.807) is 14.1 Å². The number of hydrogen-bond acceptors (Lipinski definition) is 3.